The Morgan fingerprint density at radius 1 is 1.67 bits per heavy atom. The second-order valence-electron chi connectivity index (χ2n) is 2.88. The molecule has 1 atom stereocenters. The third kappa shape index (κ3) is 7.06. The van der Waals surface area contributed by atoms with Gasteiger partial charge in [-0.1, -0.05) is 31.7 Å². The zero-order valence-corrected chi connectivity index (χ0v) is 7.49. The second-order valence-corrected chi connectivity index (χ2v) is 2.88. The first-order chi connectivity index (χ1) is 5.66. The highest BCUT2D eigenvalue weighted by atomic mass is 16.4. The Kier molecular flexibility index (Phi) is 6.07. The average Bonchev–Trinajstić information content (AvgIpc) is 2.00. The summed E-state index contributed by atoms with van der Waals surface area (Å²) in [6.45, 7) is 5.63. The molecule has 1 N–H and O–H groups in total. The van der Waals surface area contributed by atoms with Gasteiger partial charge in [0.05, 0.1) is 0 Å². The summed E-state index contributed by atoms with van der Waals surface area (Å²) in [6.07, 6.45) is 7.61. The summed E-state index contributed by atoms with van der Waals surface area (Å²) in [5, 5.41) is 8.37. The first-order valence-corrected chi connectivity index (χ1v) is 4.18. The molecule has 2 heteroatoms. The summed E-state index contributed by atoms with van der Waals surface area (Å²) in [6, 6.07) is 0. The van der Waals surface area contributed by atoms with Gasteiger partial charge in [0.15, 0.2) is 0 Å². The van der Waals surface area contributed by atoms with Gasteiger partial charge < -0.3 is 5.11 Å². The van der Waals surface area contributed by atoms with E-state index in [9.17, 15) is 4.79 Å². The number of allylic oxidation sites excluding steroid dienone is 3. The summed E-state index contributed by atoms with van der Waals surface area (Å²) in [5.74, 6) is -0.266. The van der Waals surface area contributed by atoms with E-state index < -0.39 is 5.97 Å². The number of hydrogen-bond acceptors (Lipinski definition) is 1. The van der Waals surface area contributed by atoms with Crippen molar-refractivity contribution in [1.82, 2.24) is 0 Å². The molecule has 0 aromatic carbocycles. The van der Waals surface area contributed by atoms with Crippen LogP contribution in [0.3, 0.4) is 0 Å². The Bertz CT molecular complexity index is 171. The van der Waals surface area contributed by atoms with Crippen molar-refractivity contribution in [2.45, 2.75) is 26.2 Å². The van der Waals surface area contributed by atoms with Gasteiger partial charge in [-0.05, 0) is 18.8 Å². The van der Waals surface area contributed by atoms with Crippen molar-refractivity contribution in [1.29, 1.82) is 0 Å². The SMILES string of the molecule is C=CC=CC(C)CCCC(=O)O. The number of carboxylic acids is 1. The second kappa shape index (κ2) is 6.65. The highest BCUT2D eigenvalue weighted by molar-refractivity contribution is 5.66. The van der Waals surface area contributed by atoms with Crippen molar-refractivity contribution in [2.75, 3.05) is 0 Å². The van der Waals surface area contributed by atoms with Crippen LogP contribution in [0, 0.1) is 5.92 Å². The van der Waals surface area contributed by atoms with E-state index in [4.69, 9.17) is 5.11 Å². The Morgan fingerprint density at radius 3 is 2.83 bits per heavy atom. The third-order valence-electron chi connectivity index (χ3n) is 1.63. The molecule has 0 aliphatic rings. The molecule has 0 saturated carbocycles. The van der Waals surface area contributed by atoms with E-state index in [0.717, 1.165) is 12.8 Å². The Hall–Kier alpha value is -1.05. The molecule has 0 aliphatic carbocycles. The number of carboxylic acid groups (broad SMARTS) is 1. The van der Waals surface area contributed by atoms with E-state index in [2.05, 4.69) is 13.5 Å². The molecule has 0 bridgehead atoms. The Balaban J connectivity index is 3.43. The molecule has 2 nitrogen and oxygen atoms in total. The van der Waals surface area contributed by atoms with Crippen LogP contribution in [0.4, 0.5) is 0 Å². The first kappa shape index (κ1) is 11.0. The van der Waals surface area contributed by atoms with E-state index in [1.54, 1.807) is 6.08 Å². The lowest BCUT2D eigenvalue weighted by atomic mass is 10.0. The smallest absolute Gasteiger partial charge is 0.303 e. The van der Waals surface area contributed by atoms with Crippen molar-refractivity contribution in [3.05, 3.63) is 24.8 Å². The fourth-order valence-corrected chi connectivity index (χ4v) is 0.940. The van der Waals surface area contributed by atoms with Crippen LogP contribution in [-0.4, -0.2) is 11.1 Å². The third-order valence-corrected chi connectivity index (χ3v) is 1.63. The monoisotopic (exact) mass is 168 g/mol. The summed E-state index contributed by atoms with van der Waals surface area (Å²) >= 11 is 0. The van der Waals surface area contributed by atoms with Crippen molar-refractivity contribution in [2.24, 2.45) is 5.92 Å². The quantitative estimate of drug-likeness (QED) is 0.619. The van der Waals surface area contributed by atoms with E-state index >= 15 is 0 Å². The molecule has 12 heavy (non-hydrogen) atoms. The summed E-state index contributed by atoms with van der Waals surface area (Å²) in [7, 11) is 0. The molecular formula is C10H16O2. The van der Waals surface area contributed by atoms with Gasteiger partial charge in [-0.2, -0.15) is 0 Å². The predicted molar refractivity (Wildman–Crippen MR) is 50.0 cm³/mol. The van der Waals surface area contributed by atoms with Gasteiger partial charge >= 0.3 is 5.97 Å². The molecule has 0 radical (unpaired) electrons. The molecule has 68 valence electrons. The molecule has 0 fully saturated rings. The Morgan fingerprint density at radius 2 is 2.33 bits per heavy atom. The minimum atomic E-state index is -0.713. The van der Waals surface area contributed by atoms with E-state index in [-0.39, 0.29) is 6.42 Å². The number of aliphatic carboxylic acids is 1. The summed E-state index contributed by atoms with van der Waals surface area (Å²) < 4.78 is 0. The van der Waals surface area contributed by atoms with Crippen molar-refractivity contribution < 1.29 is 9.90 Å². The maximum absolute atomic E-state index is 10.2. The number of hydrogen-bond donors (Lipinski definition) is 1. The van der Waals surface area contributed by atoms with Gasteiger partial charge in [0.25, 0.3) is 0 Å². The maximum Gasteiger partial charge on any atom is 0.303 e. The molecule has 1 unspecified atom stereocenters. The minimum absolute atomic E-state index is 0.270. The van der Waals surface area contributed by atoms with Crippen LogP contribution in [-0.2, 0) is 4.79 Å². The van der Waals surface area contributed by atoms with Crippen LogP contribution in [0.5, 0.6) is 0 Å². The van der Waals surface area contributed by atoms with Gasteiger partial charge in [0.1, 0.15) is 0 Å². The predicted octanol–water partition coefficient (Wildman–Crippen LogP) is 2.62. The van der Waals surface area contributed by atoms with Crippen LogP contribution < -0.4 is 0 Å². The zero-order chi connectivity index (χ0) is 9.40. The molecule has 0 rings (SSSR count). The van der Waals surface area contributed by atoms with Crippen LogP contribution in [0.15, 0.2) is 24.8 Å². The van der Waals surface area contributed by atoms with Crippen LogP contribution in [0.1, 0.15) is 26.2 Å². The number of rotatable bonds is 6. The molecule has 0 saturated heterocycles. The summed E-state index contributed by atoms with van der Waals surface area (Å²) in [5.41, 5.74) is 0. The average molecular weight is 168 g/mol. The largest absolute Gasteiger partial charge is 0.481 e. The molecule has 0 amide bonds. The van der Waals surface area contributed by atoms with Crippen LogP contribution >= 0.6 is 0 Å². The lowest BCUT2D eigenvalue weighted by Gasteiger charge is -2.02. The molecule has 0 heterocycles. The fourth-order valence-electron chi connectivity index (χ4n) is 0.940. The highest BCUT2D eigenvalue weighted by Gasteiger charge is 1.99. The zero-order valence-electron chi connectivity index (χ0n) is 7.49. The lowest BCUT2D eigenvalue weighted by Crippen LogP contribution is -1.96. The molecular weight excluding hydrogens is 152 g/mol. The highest BCUT2D eigenvalue weighted by Crippen LogP contribution is 2.08. The van der Waals surface area contributed by atoms with E-state index in [0.29, 0.717) is 5.92 Å². The summed E-state index contributed by atoms with van der Waals surface area (Å²) in [4.78, 5) is 10.2. The topological polar surface area (TPSA) is 37.3 Å². The van der Waals surface area contributed by atoms with Gasteiger partial charge in [-0.15, -0.1) is 0 Å². The van der Waals surface area contributed by atoms with E-state index in [1.807, 2.05) is 12.2 Å². The number of carbonyl (C=O) groups is 1. The maximum atomic E-state index is 10.2. The van der Waals surface area contributed by atoms with Gasteiger partial charge in [0.2, 0.25) is 0 Å². The standard InChI is InChI=1S/C10H16O2/c1-3-4-6-9(2)7-5-8-10(11)12/h3-4,6,9H,1,5,7-8H2,2H3,(H,11,12). The van der Waals surface area contributed by atoms with Crippen molar-refractivity contribution >= 4 is 5.97 Å². The molecule has 0 aliphatic heterocycles. The Labute approximate surface area is 73.6 Å². The fraction of sp³-hybridized carbons (Fsp3) is 0.500. The minimum Gasteiger partial charge on any atom is -0.481 e. The van der Waals surface area contributed by atoms with Crippen molar-refractivity contribution in [3.63, 3.8) is 0 Å². The van der Waals surface area contributed by atoms with Crippen molar-refractivity contribution in [3.8, 4) is 0 Å². The van der Waals surface area contributed by atoms with Gasteiger partial charge in [-0.25, -0.2) is 0 Å². The van der Waals surface area contributed by atoms with Gasteiger partial charge in [-0.3, -0.25) is 4.79 Å². The van der Waals surface area contributed by atoms with Gasteiger partial charge in [0, 0.05) is 6.42 Å². The van der Waals surface area contributed by atoms with E-state index in [1.165, 1.54) is 0 Å². The lowest BCUT2D eigenvalue weighted by molar-refractivity contribution is -0.137. The van der Waals surface area contributed by atoms with Crippen LogP contribution in [0.2, 0.25) is 0 Å². The first-order valence-electron chi connectivity index (χ1n) is 4.18. The van der Waals surface area contributed by atoms with Crippen LogP contribution in [0.25, 0.3) is 0 Å². The molecule has 0 spiro atoms. The molecule has 0 aromatic heterocycles. The normalized spacial score (nSPS) is 13.1. The molecule has 0 aromatic rings.